The minimum Gasteiger partial charge on any atom is -0.376 e. The van der Waals surface area contributed by atoms with E-state index >= 15 is 0 Å². The molecule has 1 aromatic rings. The van der Waals surface area contributed by atoms with Gasteiger partial charge in [0.05, 0.1) is 13.2 Å². The summed E-state index contributed by atoms with van der Waals surface area (Å²) in [5, 5.41) is 0. The second-order valence-corrected chi connectivity index (χ2v) is 3.81. The molecule has 0 spiro atoms. The molecule has 0 aliphatic carbocycles. The molecule has 1 aromatic carbocycles. The van der Waals surface area contributed by atoms with Crippen molar-refractivity contribution in [3.05, 3.63) is 35.9 Å². The molecule has 3 heteroatoms. The van der Waals surface area contributed by atoms with Crippen molar-refractivity contribution in [2.45, 2.75) is 19.6 Å². The number of benzene rings is 1. The Bertz CT molecular complexity index is 297. The van der Waals surface area contributed by atoms with E-state index in [1.165, 1.54) is 7.11 Å². The van der Waals surface area contributed by atoms with E-state index in [1.807, 2.05) is 37.3 Å². The van der Waals surface area contributed by atoms with Gasteiger partial charge in [-0.1, -0.05) is 37.3 Å². The summed E-state index contributed by atoms with van der Waals surface area (Å²) in [5.74, 6) is 0.0752. The lowest BCUT2D eigenvalue weighted by molar-refractivity contribution is -0.120. The van der Waals surface area contributed by atoms with E-state index < -0.39 is 0 Å². The summed E-state index contributed by atoms with van der Waals surface area (Å²) in [4.78, 5) is 10.6. The van der Waals surface area contributed by atoms with E-state index in [9.17, 15) is 4.79 Å². The van der Waals surface area contributed by atoms with Gasteiger partial charge in [0.2, 0.25) is 0 Å². The Labute approximate surface area is 96.4 Å². The molecule has 88 valence electrons. The first kappa shape index (κ1) is 12.9. The lowest BCUT2D eigenvalue weighted by atomic mass is 10.1. The molecule has 0 heterocycles. The minimum atomic E-state index is -0.379. The summed E-state index contributed by atoms with van der Waals surface area (Å²) in [6.45, 7) is 3.03. The standard InChI is InChI=1S/C13H18O3/c1-11(13(8-14)15-2)9-16-10-12-6-4-3-5-7-12/h3-8,11,13H,9-10H2,1-2H3/t11-,13-/m0/s1. The van der Waals surface area contributed by atoms with Gasteiger partial charge >= 0.3 is 0 Å². The van der Waals surface area contributed by atoms with Crippen LogP contribution in [0.4, 0.5) is 0 Å². The number of carbonyl (C=O) groups excluding carboxylic acids is 1. The quantitative estimate of drug-likeness (QED) is 0.662. The van der Waals surface area contributed by atoms with Crippen molar-refractivity contribution in [1.29, 1.82) is 0 Å². The monoisotopic (exact) mass is 222 g/mol. The van der Waals surface area contributed by atoms with Crippen LogP contribution in [-0.4, -0.2) is 26.1 Å². The number of rotatable bonds is 7. The maximum absolute atomic E-state index is 10.6. The van der Waals surface area contributed by atoms with Crippen LogP contribution in [-0.2, 0) is 20.9 Å². The lowest BCUT2D eigenvalue weighted by Crippen LogP contribution is -2.25. The van der Waals surface area contributed by atoms with Gasteiger partial charge < -0.3 is 14.3 Å². The molecule has 0 amide bonds. The van der Waals surface area contributed by atoms with Crippen molar-refractivity contribution in [3.8, 4) is 0 Å². The third kappa shape index (κ3) is 4.13. The predicted molar refractivity (Wildman–Crippen MR) is 62.1 cm³/mol. The molecular weight excluding hydrogens is 204 g/mol. The molecule has 16 heavy (non-hydrogen) atoms. The summed E-state index contributed by atoms with van der Waals surface area (Å²) >= 11 is 0. The van der Waals surface area contributed by atoms with Gasteiger partial charge in [0.15, 0.2) is 0 Å². The largest absolute Gasteiger partial charge is 0.376 e. The summed E-state index contributed by atoms with van der Waals surface area (Å²) in [5.41, 5.74) is 1.13. The molecule has 0 saturated carbocycles. The maximum Gasteiger partial charge on any atom is 0.149 e. The molecular formula is C13H18O3. The zero-order valence-electron chi connectivity index (χ0n) is 9.76. The molecule has 0 aromatic heterocycles. The molecule has 1 rings (SSSR count). The van der Waals surface area contributed by atoms with Crippen LogP contribution >= 0.6 is 0 Å². The third-order valence-electron chi connectivity index (χ3n) is 2.46. The molecule has 0 fully saturated rings. The second-order valence-electron chi connectivity index (χ2n) is 3.81. The van der Waals surface area contributed by atoms with Gasteiger partial charge in [-0.25, -0.2) is 0 Å². The van der Waals surface area contributed by atoms with Crippen LogP contribution < -0.4 is 0 Å². The SMILES string of the molecule is CO[C@@H](C=O)[C@@H](C)COCc1ccccc1. The Morgan fingerprint density at radius 3 is 2.56 bits per heavy atom. The van der Waals surface area contributed by atoms with Crippen molar-refractivity contribution in [3.63, 3.8) is 0 Å². The fourth-order valence-corrected chi connectivity index (χ4v) is 1.45. The van der Waals surface area contributed by atoms with Gasteiger partial charge in [-0.2, -0.15) is 0 Å². The lowest BCUT2D eigenvalue weighted by Gasteiger charge is -2.17. The van der Waals surface area contributed by atoms with Crippen LogP contribution in [0, 0.1) is 5.92 Å². The second kappa shape index (κ2) is 7.14. The molecule has 0 radical (unpaired) electrons. The number of methoxy groups -OCH3 is 1. The molecule has 0 aliphatic rings. The van der Waals surface area contributed by atoms with Gasteiger partial charge in [0, 0.05) is 13.0 Å². The Balaban J connectivity index is 2.27. The van der Waals surface area contributed by atoms with E-state index in [-0.39, 0.29) is 12.0 Å². The molecule has 0 bridgehead atoms. The average molecular weight is 222 g/mol. The van der Waals surface area contributed by atoms with E-state index in [4.69, 9.17) is 9.47 Å². The van der Waals surface area contributed by atoms with Crippen molar-refractivity contribution in [1.82, 2.24) is 0 Å². The Morgan fingerprint density at radius 2 is 2.00 bits per heavy atom. The van der Waals surface area contributed by atoms with Crippen LogP contribution in [0.5, 0.6) is 0 Å². The highest BCUT2D eigenvalue weighted by atomic mass is 16.5. The van der Waals surface area contributed by atoms with E-state index in [0.717, 1.165) is 11.8 Å². The molecule has 2 atom stereocenters. The van der Waals surface area contributed by atoms with Gasteiger partial charge in [-0.05, 0) is 5.56 Å². The van der Waals surface area contributed by atoms with Gasteiger partial charge in [0.1, 0.15) is 12.4 Å². The van der Waals surface area contributed by atoms with Gasteiger partial charge in [-0.15, -0.1) is 0 Å². The Morgan fingerprint density at radius 1 is 1.31 bits per heavy atom. The van der Waals surface area contributed by atoms with Crippen LogP contribution in [0.2, 0.25) is 0 Å². The van der Waals surface area contributed by atoms with Crippen LogP contribution in [0.25, 0.3) is 0 Å². The van der Waals surface area contributed by atoms with Crippen LogP contribution in [0.15, 0.2) is 30.3 Å². The van der Waals surface area contributed by atoms with Crippen LogP contribution in [0.3, 0.4) is 0 Å². The zero-order chi connectivity index (χ0) is 11.8. The van der Waals surface area contributed by atoms with Crippen molar-refractivity contribution in [2.24, 2.45) is 5.92 Å². The highest BCUT2D eigenvalue weighted by Gasteiger charge is 2.15. The van der Waals surface area contributed by atoms with E-state index in [0.29, 0.717) is 13.2 Å². The highest BCUT2D eigenvalue weighted by Crippen LogP contribution is 2.07. The zero-order valence-corrected chi connectivity index (χ0v) is 9.76. The number of ether oxygens (including phenoxy) is 2. The first-order valence-corrected chi connectivity index (χ1v) is 5.37. The first-order valence-electron chi connectivity index (χ1n) is 5.37. The summed E-state index contributed by atoms with van der Waals surface area (Å²) in [6, 6.07) is 9.95. The van der Waals surface area contributed by atoms with Gasteiger partial charge in [0.25, 0.3) is 0 Å². The molecule has 0 unspecified atom stereocenters. The highest BCUT2D eigenvalue weighted by molar-refractivity contribution is 5.56. The first-order chi connectivity index (χ1) is 7.77. The minimum absolute atomic E-state index is 0.0752. The number of aldehydes is 1. The normalized spacial score (nSPS) is 14.4. The molecule has 3 nitrogen and oxygen atoms in total. The smallest absolute Gasteiger partial charge is 0.149 e. The van der Waals surface area contributed by atoms with E-state index in [2.05, 4.69) is 0 Å². The maximum atomic E-state index is 10.6. The van der Waals surface area contributed by atoms with Crippen molar-refractivity contribution >= 4 is 6.29 Å². The number of carbonyl (C=O) groups is 1. The average Bonchev–Trinajstić information content (AvgIpc) is 2.32. The fourth-order valence-electron chi connectivity index (χ4n) is 1.45. The third-order valence-corrected chi connectivity index (χ3v) is 2.46. The summed E-state index contributed by atoms with van der Waals surface area (Å²) in [6.07, 6.45) is 0.437. The number of hydrogen-bond donors (Lipinski definition) is 0. The predicted octanol–water partition coefficient (Wildman–Crippen LogP) is 2.05. The van der Waals surface area contributed by atoms with E-state index in [1.54, 1.807) is 0 Å². The fraction of sp³-hybridized carbons (Fsp3) is 0.462. The van der Waals surface area contributed by atoms with Crippen LogP contribution in [0.1, 0.15) is 12.5 Å². The molecule has 0 saturated heterocycles. The topological polar surface area (TPSA) is 35.5 Å². The van der Waals surface area contributed by atoms with Crippen molar-refractivity contribution in [2.75, 3.05) is 13.7 Å². The molecule has 0 N–H and O–H groups in total. The number of hydrogen-bond acceptors (Lipinski definition) is 3. The summed E-state index contributed by atoms with van der Waals surface area (Å²) < 4.78 is 10.5. The Hall–Kier alpha value is -1.19. The van der Waals surface area contributed by atoms with Crippen molar-refractivity contribution < 1.29 is 14.3 Å². The van der Waals surface area contributed by atoms with Gasteiger partial charge in [-0.3, -0.25) is 0 Å². The summed E-state index contributed by atoms with van der Waals surface area (Å²) in [7, 11) is 1.53. The molecule has 0 aliphatic heterocycles. The Kier molecular flexibility index (Phi) is 5.75.